The van der Waals surface area contributed by atoms with Gasteiger partial charge in [-0.2, -0.15) is 5.10 Å². The summed E-state index contributed by atoms with van der Waals surface area (Å²) < 4.78 is 1.80. The molecule has 1 aromatic heterocycles. The number of hydrogen-bond donors (Lipinski definition) is 2. The van der Waals surface area contributed by atoms with Crippen LogP contribution in [0.15, 0.2) is 72.0 Å². The highest BCUT2D eigenvalue weighted by molar-refractivity contribution is 5.77. The predicted octanol–water partition coefficient (Wildman–Crippen LogP) is 2.73. The second-order valence-corrected chi connectivity index (χ2v) is 5.97. The summed E-state index contributed by atoms with van der Waals surface area (Å²) in [7, 11) is 1.92. The van der Waals surface area contributed by atoms with Crippen LogP contribution in [0.25, 0.3) is 11.1 Å². The van der Waals surface area contributed by atoms with E-state index in [9.17, 15) is 0 Å². The van der Waals surface area contributed by atoms with Gasteiger partial charge in [0.25, 0.3) is 0 Å². The van der Waals surface area contributed by atoms with Crippen LogP contribution >= 0.6 is 0 Å². The van der Waals surface area contributed by atoms with Crippen LogP contribution in [0.1, 0.15) is 11.1 Å². The maximum absolute atomic E-state index is 5.96. The summed E-state index contributed by atoms with van der Waals surface area (Å²) >= 11 is 0. The van der Waals surface area contributed by atoms with Gasteiger partial charge in [0, 0.05) is 25.4 Å². The molecule has 0 unspecified atom stereocenters. The number of hydrogen-bond acceptors (Lipinski definition) is 2. The van der Waals surface area contributed by atoms with Gasteiger partial charge in [0.05, 0.1) is 12.7 Å². The minimum absolute atomic E-state index is 0.475. The zero-order valence-electron chi connectivity index (χ0n) is 14.4. The average molecular weight is 333 g/mol. The number of aryl methyl sites for hydroxylation is 1. The fourth-order valence-corrected chi connectivity index (χ4v) is 2.63. The van der Waals surface area contributed by atoms with E-state index < -0.39 is 0 Å². The summed E-state index contributed by atoms with van der Waals surface area (Å²) in [5.74, 6) is 0.475. The largest absolute Gasteiger partial charge is 0.370 e. The predicted molar refractivity (Wildman–Crippen MR) is 102 cm³/mol. The second-order valence-electron chi connectivity index (χ2n) is 5.97. The number of aliphatic imine (C=N–C) groups is 1. The van der Waals surface area contributed by atoms with Crippen molar-refractivity contribution in [3.05, 3.63) is 78.1 Å². The highest BCUT2D eigenvalue weighted by Crippen LogP contribution is 2.19. The van der Waals surface area contributed by atoms with Crippen LogP contribution in [0.3, 0.4) is 0 Å². The van der Waals surface area contributed by atoms with Crippen molar-refractivity contribution in [1.29, 1.82) is 0 Å². The summed E-state index contributed by atoms with van der Waals surface area (Å²) in [6, 6.07) is 18.6. The van der Waals surface area contributed by atoms with E-state index in [0.29, 0.717) is 12.5 Å². The lowest BCUT2D eigenvalue weighted by atomic mass is 10.1. The number of nitrogens with zero attached hydrogens (tertiary/aromatic N) is 3. The summed E-state index contributed by atoms with van der Waals surface area (Å²) in [6.07, 6.45) is 4.79. The molecule has 0 fully saturated rings. The molecule has 0 aliphatic heterocycles. The van der Waals surface area contributed by atoms with Crippen LogP contribution in [-0.2, 0) is 20.0 Å². The number of aromatic nitrogens is 2. The highest BCUT2D eigenvalue weighted by Gasteiger charge is 2.02. The first kappa shape index (κ1) is 16.8. The van der Waals surface area contributed by atoms with Gasteiger partial charge in [-0.05, 0) is 29.2 Å². The molecule has 2 aromatic carbocycles. The van der Waals surface area contributed by atoms with E-state index in [1.54, 1.807) is 4.68 Å². The Morgan fingerprint density at radius 1 is 1.08 bits per heavy atom. The molecule has 0 spiro atoms. The Morgan fingerprint density at radius 3 is 2.64 bits per heavy atom. The van der Waals surface area contributed by atoms with Gasteiger partial charge in [-0.1, -0.05) is 48.5 Å². The number of rotatable bonds is 6. The molecule has 0 radical (unpaired) electrons. The van der Waals surface area contributed by atoms with E-state index in [2.05, 4.69) is 45.7 Å². The van der Waals surface area contributed by atoms with Gasteiger partial charge in [-0.3, -0.25) is 4.68 Å². The van der Waals surface area contributed by atoms with Crippen molar-refractivity contribution in [2.75, 3.05) is 6.54 Å². The van der Waals surface area contributed by atoms with E-state index in [1.807, 2.05) is 43.7 Å². The molecule has 0 saturated heterocycles. The Hall–Kier alpha value is -3.08. The Kier molecular flexibility index (Phi) is 5.46. The first-order valence-electron chi connectivity index (χ1n) is 8.36. The molecule has 1 heterocycles. The van der Waals surface area contributed by atoms with Crippen LogP contribution in [0.4, 0.5) is 0 Å². The van der Waals surface area contributed by atoms with Gasteiger partial charge in [0.15, 0.2) is 5.96 Å². The number of nitrogens with two attached hydrogens (primary N) is 1. The molecule has 128 valence electrons. The van der Waals surface area contributed by atoms with Crippen molar-refractivity contribution in [2.24, 2.45) is 17.8 Å². The molecule has 0 atom stereocenters. The average Bonchev–Trinajstić information content (AvgIpc) is 3.08. The second kappa shape index (κ2) is 8.15. The number of benzene rings is 2. The van der Waals surface area contributed by atoms with E-state index in [1.165, 1.54) is 5.56 Å². The van der Waals surface area contributed by atoms with E-state index in [-0.39, 0.29) is 0 Å². The lowest BCUT2D eigenvalue weighted by Gasteiger charge is -2.06. The van der Waals surface area contributed by atoms with E-state index in [0.717, 1.165) is 29.7 Å². The van der Waals surface area contributed by atoms with E-state index in [4.69, 9.17) is 5.73 Å². The van der Waals surface area contributed by atoms with Crippen LogP contribution in [0.5, 0.6) is 0 Å². The van der Waals surface area contributed by atoms with Crippen LogP contribution < -0.4 is 11.1 Å². The number of guanidine groups is 1. The first-order valence-corrected chi connectivity index (χ1v) is 8.36. The zero-order chi connectivity index (χ0) is 17.5. The van der Waals surface area contributed by atoms with Gasteiger partial charge in [0.1, 0.15) is 0 Å². The lowest BCUT2D eigenvalue weighted by molar-refractivity contribution is 0.768. The maximum atomic E-state index is 5.96. The topological polar surface area (TPSA) is 68.2 Å². The third-order valence-electron chi connectivity index (χ3n) is 3.96. The summed E-state index contributed by atoms with van der Waals surface area (Å²) in [6.45, 7) is 1.33. The zero-order valence-corrected chi connectivity index (χ0v) is 14.4. The summed E-state index contributed by atoms with van der Waals surface area (Å²) in [5, 5.41) is 7.38. The molecule has 3 aromatic rings. The van der Waals surface area contributed by atoms with E-state index >= 15 is 0 Å². The molecular formula is C20H23N5. The Balaban J connectivity index is 1.54. The van der Waals surface area contributed by atoms with Crippen molar-refractivity contribution < 1.29 is 0 Å². The van der Waals surface area contributed by atoms with Crippen molar-refractivity contribution >= 4 is 5.96 Å². The fourth-order valence-electron chi connectivity index (χ4n) is 2.63. The standard InChI is InChI=1S/C20H23N5/c1-25-15-19(14-24-25)18-9-5-8-17(12-18)13-23-20(21)22-11-10-16-6-3-2-4-7-16/h2-9,12,14-15H,10-11,13H2,1H3,(H3,21,22,23). The quantitative estimate of drug-likeness (QED) is 0.538. The number of nitrogens with one attached hydrogen (secondary N) is 1. The third-order valence-corrected chi connectivity index (χ3v) is 3.96. The molecule has 0 bridgehead atoms. The molecule has 3 N–H and O–H groups in total. The van der Waals surface area contributed by atoms with Gasteiger partial charge in [-0.15, -0.1) is 0 Å². The van der Waals surface area contributed by atoms with Gasteiger partial charge in [0.2, 0.25) is 0 Å². The lowest BCUT2D eigenvalue weighted by Crippen LogP contribution is -2.33. The summed E-state index contributed by atoms with van der Waals surface area (Å²) in [5.41, 5.74) is 10.6. The van der Waals surface area contributed by atoms with Crippen LogP contribution in [-0.4, -0.2) is 22.3 Å². The summed E-state index contributed by atoms with van der Waals surface area (Å²) in [4.78, 5) is 4.43. The normalized spacial score (nSPS) is 11.5. The molecule has 3 rings (SSSR count). The molecule has 25 heavy (non-hydrogen) atoms. The van der Waals surface area contributed by atoms with Crippen molar-refractivity contribution in [3.63, 3.8) is 0 Å². The minimum Gasteiger partial charge on any atom is -0.370 e. The van der Waals surface area contributed by atoms with Crippen LogP contribution in [0, 0.1) is 0 Å². The van der Waals surface area contributed by atoms with Crippen molar-refractivity contribution in [1.82, 2.24) is 15.1 Å². The monoisotopic (exact) mass is 333 g/mol. The fraction of sp³-hybridized carbons (Fsp3) is 0.200. The Bertz CT molecular complexity index is 836. The van der Waals surface area contributed by atoms with Crippen molar-refractivity contribution in [2.45, 2.75) is 13.0 Å². The molecule has 5 heteroatoms. The van der Waals surface area contributed by atoms with Gasteiger partial charge in [-0.25, -0.2) is 4.99 Å². The SMILES string of the molecule is Cn1cc(-c2cccc(CN=C(N)NCCc3ccccc3)c2)cn1. The first-order chi connectivity index (χ1) is 12.2. The molecule has 5 nitrogen and oxygen atoms in total. The molecular weight excluding hydrogens is 310 g/mol. The highest BCUT2D eigenvalue weighted by atomic mass is 15.2. The van der Waals surface area contributed by atoms with Crippen LogP contribution in [0.2, 0.25) is 0 Å². The maximum Gasteiger partial charge on any atom is 0.188 e. The molecule has 0 amide bonds. The Labute approximate surface area is 148 Å². The van der Waals surface area contributed by atoms with Crippen molar-refractivity contribution in [3.8, 4) is 11.1 Å². The van der Waals surface area contributed by atoms with Gasteiger partial charge < -0.3 is 11.1 Å². The minimum atomic E-state index is 0.475. The molecule has 0 aliphatic carbocycles. The molecule has 0 saturated carbocycles. The molecule has 0 aliphatic rings. The Morgan fingerprint density at radius 2 is 1.88 bits per heavy atom. The third kappa shape index (κ3) is 4.94. The smallest absolute Gasteiger partial charge is 0.188 e. The van der Waals surface area contributed by atoms with Gasteiger partial charge >= 0.3 is 0 Å².